The maximum atomic E-state index is 10.6. The van der Waals surface area contributed by atoms with Crippen LogP contribution in [0.1, 0.15) is 10.4 Å². The molecular formula is C7H7KO7S. The third kappa shape index (κ3) is 4.47. The van der Waals surface area contributed by atoms with Crippen molar-refractivity contribution in [2.75, 3.05) is 0 Å². The summed E-state index contributed by atoms with van der Waals surface area (Å²) in [5, 5.41) is 19.3. The van der Waals surface area contributed by atoms with Crippen molar-refractivity contribution in [2.24, 2.45) is 0 Å². The summed E-state index contributed by atoms with van der Waals surface area (Å²) >= 11 is 0. The fourth-order valence-electron chi connectivity index (χ4n) is 0.862. The Morgan fingerprint density at radius 1 is 1.31 bits per heavy atom. The van der Waals surface area contributed by atoms with Gasteiger partial charge in [0.15, 0.2) is 0 Å². The normalized spacial score (nSPS) is 9.81. The van der Waals surface area contributed by atoms with Gasteiger partial charge in [-0.05, 0) is 12.1 Å². The maximum absolute atomic E-state index is 10.6. The van der Waals surface area contributed by atoms with E-state index in [4.69, 9.17) is 9.66 Å². The Kier molecular flexibility index (Phi) is 7.65. The first-order valence-electron chi connectivity index (χ1n) is 3.34. The number of hydrogen-bond donors (Lipinski definition) is 2. The number of rotatable bonds is 2. The van der Waals surface area contributed by atoms with Gasteiger partial charge >= 0.3 is 51.4 Å². The summed E-state index contributed by atoms with van der Waals surface area (Å²) in [7, 11) is -4.54. The minimum Gasteiger partial charge on any atom is -0.545 e. The third-order valence-electron chi connectivity index (χ3n) is 1.47. The fourth-order valence-corrected chi connectivity index (χ4v) is 1.43. The Morgan fingerprint density at radius 3 is 2.12 bits per heavy atom. The molecule has 0 aliphatic carbocycles. The van der Waals surface area contributed by atoms with Gasteiger partial charge in [0.25, 0.3) is 10.1 Å². The Labute approximate surface area is 134 Å². The van der Waals surface area contributed by atoms with Gasteiger partial charge in [-0.25, -0.2) is 0 Å². The topological polar surface area (TPSA) is 146 Å². The van der Waals surface area contributed by atoms with E-state index in [0.717, 1.165) is 12.1 Å². The summed E-state index contributed by atoms with van der Waals surface area (Å²) in [6, 6.07) is 2.35. The number of phenols is 1. The standard InChI is InChI=1S/C7H6O6S.K.H2O/c8-5-3-4(7(9)10)1-2-6(5)14(11,12)13;;/h1-3,8H,(H,9,10)(H,11,12,13);;1H2/q;+1;/p-1. The number of benzene rings is 1. The van der Waals surface area contributed by atoms with E-state index in [-0.39, 0.29) is 62.4 Å². The van der Waals surface area contributed by atoms with E-state index < -0.39 is 26.7 Å². The molecule has 0 unspecified atom stereocenters. The molecule has 0 aromatic heterocycles. The third-order valence-corrected chi connectivity index (χ3v) is 2.37. The van der Waals surface area contributed by atoms with Crippen LogP contribution >= 0.6 is 0 Å². The number of hydrogen-bond acceptors (Lipinski definition) is 5. The second kappa shape index (κ2) is 6.66. The van der Waals surface area contributed by atoms with E-state index in [1.165, 1.54) is 0 Å². The van der Waals surface area contributed by atoms with Crippen molar-refractivity contribution in [3.05, 3.63) is 23.8 Å². The van der Waals surface area contributed by atoms with E-state index in [9.17, 15) is 18.3 Å². The summed E-state index contributed by atoms with van der Waals surface area (Å²) in [5.41, 5.74) is -0.380. The molecule has 16 heavy (non-hydrogen) atoms. The zero-order valence-electron chi connectivity index (χ0n) is 8.17. The summed E-state index contributed by atoms with van der Waals surface area (Å²) < 4.78 is 29.7. The predicted molar refractivity (Wildman–Crippen MR) is 45.9 cm³/mol. The quantitative estimate of drug-likeness (QED) is 0.408. The van der Waals surface area contributed by atoms with Crippen LogP contribution in [0.3, 0.4) is 0 Å². The molecule has 1 aromatic rings. The SMILES string of the molecule is O.O=C([O-])c1ccc(S(=O)(=O)O)c(O)c1.[K+]. The van der Waals surface area contributed by atoms with Crippen molar-refractivity contribution in [3.63, 3.8) is 0 Å². The minimum atomic E-state index is -4.54. The fraction of sp³-hybridized carbons (Fsp3) is 0. The number of phenolic OH excluding ortho intramolecular Hbond substituents is 1. The summed E-state index contributed by atoms with van der Waals surface area (Å²) in [6.07, 6.45) is 0. The van der Waals surface area contributed by atoms with Crippen LogP contribution in [-0.4, -0.2) is 29.5 Å². The van der Waals surface area contributed by atoms with Crippen molar-refractivity contribution in [2.45, 2.75) is 4.90 Å². The predicted octanol–water partition coefficient (Wildman–Crippen LogP) is -4.82. The molecule has 0 spiro atoms. The molecule has 9 heteroatoms. The van der Waals surface area contributed by atoms with E-state index in [1.807, 2.05) is 0 Å². The summed E-state index contributed by atoms with van der Waals surface area (Å²) in [4.78, 5) is 9.53. The van der Waals surface area contributed by atoms with Gasteiger partial charge in [-0.3, -0.25) is 4.55 Å². The molecule has 0 amide bonds. The zero-order valence-corrected chi connectivity index (χ0v) is 12.1. The van der Waals surface area contributed by atoms with Crippen LogP contribution in [-0.2, 0) is 10.1 Å². The number of carboxylic acid groups (broad SMARTS) is 1. The van der Waals surface area contributed by atoms with Gasteiger partial charge < -0.3 is 20.5 Å². The van der Waals surface area contributed by atoms with Crippen LogP contribution in [0.2, 0.25) is 0 Å². The average molecular weight is 274 g/mol. The molecule has 0 radical (unpaired) electrons. The molecule has 0 saturated carbocycles. The Hall–Kier alpha value is -0.00364. The van der Waals surface area contributed by atoms with Crippen LogP contribution < -0.4 is 56.5 Å². The molecule has 0 bridgehead atoms. The van der Waals surface area contributed by atoms with Gasteiger partial charge in [-0.1, -0.05) is 6.07 Å². The molecule has 0 heterocycles. The van der Waals surface area contributed by atoms with Crippen LogP contribution in [0.5, 0.6) is 5.75 Å². The molecule has 7 nitrogen and oxygen atoms in total. The van der Waals surface area contributed by atoms with Gasteiger partial charge in [0, 0.05) is 5.56 Å². The maximum Gasteiger partial charge on any atom is 1.00 e. The molecule has 0 fully saturated rings. The van der Waals surface area contributed by atoms with E-state index in [2.05, 4.69) is 0 Å². The van der Waals surface area contributed by atoms with Gasteiger partial charge in [0.1, 0.15) is 10.6 Å². The first-order chi connectivity index (χ1) is 6.32. The number of aromatic carboxylic acids is 1. The van der Waals surface area contributed by atoms with Gasteiger partial charge in [-0.2, -0.15) is 8.42 Å². The van der Waals surface area contributed by atoms with Gasteiger partial charge in [-0.15, -0.1) is 0 Å². The van der Waals surface area contributed by atoms with Crippen molar-refractivity contribution in [1.82, 2.24) is 0 Å². The summed E-state index contributed by atoms with van der Waals surface area (Å²) in [5.74, 6) is -2.39. The molecule has 0 saturated heterocycles. The van der Waals surface area contributed by atoms with Crippen molar-refractivity contribution in [3.8, 4) is 5.75 Å². The van der Waals surface area contributed by atoms with Crippen LogP contribution in [0.25, 0.3) is 0 Å². The second-order valence-corrected chi connectivity index (χ2v) is 3.83. The van der Waals surface area contributed by atoms with Crippen LogP contribution in [0.15, 0.2) is 23.1 Å². The number of carbonyl (C=O) groups excluding carboxylic acids is 1. The molecule has 1 rings (SSSR count). The average Bonchev–Trinajstić information content (AvgIpc) is 2.01. The molecular weight excluding hydrogens is 267 g/mol. The first kappa shape index (κ1) is 18.4. The van der Waals surface area contributed by atoms with Crippen molar-refractivity contribution < 1.29 is 84.8 Å². The van der Waals surface area contributed by atoms with Crippen molar-refractivity contribution >= 4 is 16.1 Å². The zero-order chi connectivity index (χ0) is 10.9. The molecule has 84 valence electrons. The monoisotopic (exact) mass is 274 g/mol. The van der Waals surface area contributed by atoms with E-state index >= 15 is 0 Å². The molecule has 0 atom stereocenters. The summed E-state index contributed by atoms with van der Waals surface area (Å²) in [6.45, 7) is 0. The van der Waals surface area contributed by atoms with E-state index in [1.54, 1.807) is 0 Å². The smallest absolute Gasteiger partial charge is 0.545 e. The van der Waals surface area contributed by atoms with Gasteiger partial charge in [0.2, 0.25) is 0 Å². The molecule has 4 N–H and O–H groups in total. The number of carbonyl (C=O) groups is 1. The number of aromatic hydroxyl groups is 1. The van der Waals surface area contributed by atoms with Gasteiger partial charge in [0.05, 0.1) is 5.97 Å². The molecule has 0 aliphatic heterocycles. The molecule has 1 aromatic carbocycles. The van der Waals surface area contributed by atoms with Crippen LogP contribution in [0.4, 0.5) is 0 Å². The molecule has 0 aliphatic rings. The number of carboxylic acids is 1. The van der Waals surface area contributed by atoms with Crippen molar-refractivity contribution in [1.29, 1.82) is 0 Å². The Morgan fingerprint density at radius 2 is 1.81 bits per heavy atom. The largest absolute Gasteiger partial charge is 1.00 e. The van der Waals surface area contributed by atoms with E-state index in [0.29, 0.717) is 6.07 Å². The second-order valence-electron chi connectivity index (χ2n) is 2.45. The van der Waals surface area contributed by atoms with Crippen LogP contribution in [0, 0.1) is 0 Å². The minimum absolute atomic E-state index is 0. The Bertz CT molecular complexity index is 482. The Balaban J connectivity index is 0. The first-order valence-corrected chi connectivity index (χ1v) is 4.78.